The van der Waals surface area contributed by atoms with Gasteiger partial charge in [-0.2, -0.15) is 0 Å². The summed E-state index contributed by atoms with van der Waals surface area (Å²) in [7, 11) is 0. The van der Waals surface area contributed by atoms with Crippen molar-refractivity contribution in [2.75, 3.05) is 0 Å². The Balaban J connectivity index is 3.20. The van der Waals surface area contributed by atoms with Crippen LogP contribution in [-0.2, 0) is 0 Å². The predicted molar refractivity (Wildman–Crippen MR) is 48.9 cm³/mol. The topological polar surface area (TPSA) is 12.9 Å². The zero-order valence-electron chi connectivity index (χ0n) is 6.06. The molecule has 0 N–H and O–H groups in total. The van der Waals surface area contributed by atoms with E-state index in [9.17, 15) is 0 Å². The molecule has 0 fully saturated rings. The Kier molecular flexibility index (Phi) is 2.53. The van der Waals surface area contributed by atoms with Crippen molar-refractivity contribution in [3.05, 3.63) is 35.1 Å². The van der Waals surface area contributed by atoms with Crippen LogP contribution in [-0.4, -0.2) is 4.98 Å². The van der Waals surface area contributed by atoms with Crippen molar-refractivity contribution in [1.29, 1.82) is 0 Å². The summed E-state index contributed by atoms with van der Waals surface area (Å²) in [5, 5.41) is 0.968. The molecule has 0 atom stereocenters. The molecular weight excluding hydrogens is 181 g/mol. The summed E-state index contributed by atoms with van der Waals surface area (Å²) in [5.41, 5.74) is 1.65. The highest BCUT2D eigenvalue weighted by Gasteiger charge is 2.01. The van der Waals surface area contributed by atoms with E-state index in [0.29, 0.717) is 10.2 Å². The summed E-state index contributed by atoms with van der Waals surface area (Å²) < 4.78 is 0. The third kappa shape index (κ3) is 1.95. The largest absolute Gasteiger partial charge is 0.241 e. The van der Waals surface area contributed by atoms with Crippen LogP contribution < -0.4 is 0 Å². The molecule has 58 valence electrons. The number of nitrogens with zero attached hydrogens (tertiary/aromatic N) is 1. The minimum Gasteiger partial charge on any atom is -0.241 e. The van der Waals surface area contributed by atoms with Crippen LogP contribution in [0.3, 0.4) is 0 Å². The first-order valence-electron chi connectivity index (χ1n) is 3.09. The van der Waals surface area contributed by atoms with Gasteiger partial charge in [0, 0.05) is 16.3 Å². The van der Waals surface area contributed by atoms with Crippen molar-refractivity contribution in [2.24, 2.45) is 0 Å². The van der Waals surface area contributed by atoms with E-state index in [2.05, 4.69) is 11.6 Å². The van der Waals surface area contributed by atoms with Gasteiger partial charge >= 0.3 is 0 Å². The molecule has 3 heteroatoms. The van der Waals surface area contributed by atoms with Crippen molar-refractivity contribution >= 4 is 28.2 Å². The molecule has 1 nitrogen and oxygen atoms in total. The zero-order chi connectivity index (χ0) is 8.43. The number of pyridine rings is 1. The summed E-state index contributed by atoms with van der Waals surface area (Å²) in [6.45, 7) is 5.44. The average Bonchev–Trinajstić information content (AvgIpc) is 1.85. The van der Waals surface area contributed by atoms with Gasteiger partial charge in [0.25, 0.3) is 0 Å². The second kappa shape index (κ2) is 3.24. The first kappa shape index (κ1) is 8.57. The minimum absolute atomic E-state index is 0.476. The molecule has 0 aromatic carbocycles. The van der Waals surface area contributed by atoms with Gasteiger partial charge in [-0.3, -0.25) is 0 Å². The number of hydrogen-bond acceptors (Lipinski definition) is 1. The number of rotatable bonds is 1. The Hall–Kier alpha value is -0.530. The molecule has 0 saturated carbocycles. The van der Waals surface area contributed by atoms with E-state index in [1.165, 1.54) is 0 Å². The number of aromatic nitrogens is 1. The first-order chi connectivity index (χ1) is 5.11. The highest BCUT2D eigenvalue weighted by molar-refractivity contribution is 6.48. The Morgan fingerprint density at radius 3 is 2.64 bits per heavy atom. The minimum atomic E-state index is 0.476. The van der Waals surface area contributed by atoms with Crippen LogP contribution in [0, 0.1) is 6.92 Å². The van der Waals surface area contributed by atoms with Gasteiger partial charge in [0.2, 0.25) is 0 Å². The van der Waals surface area contributed by atoms with Gasteiger partial charge in [0.1, 0.15) is 5.15 Å². The Bertz CT molecular complexity index is 294. The fraction of sp³-hybridized carbons (Fsp3) is 0.125. The van der Waals surface area contributed by atoms with Gasteiger partial charge in [-0.1, -0.05) is 29.8 Å². The molecule has 0 saturated heterocycles. The van der Waals surface area contributed by atoms with Crippen molar-refractivity contribution in [1.82, 2.24) is 4.98 Å². The second-order valence-corrected chi connectivity index (χ2v) is 3.02. The maximum atomic E-state index is 5.68. The molecule has 0 aliphatic carbocycles. The fourth-order valence-corrected chi connectivity index (χ4v) is 1.21. The maximum absolute atomic E-state index is 5.68. The van der Waals surface area contributed by atoms with Gasteiger partial charge in [0.05, 0.1) is 0 Å². The lowest BCUT2D eigenvalue weighted by atomic mass is 10.2. The molecule has 0 aliphatic rings. The standard InChI is InChI=1S/C8H7Cl2N/c1-5(9)7-3-4-8(10)11-6(7)2/h3-4H,1H2,2H3. The van der Waals surface area contributed by atoms with Gasteiger partial charge < -0.3 is 0 Å². The van der Waals surface area contributed by atoms with Crippen molar-refractivity contribution in [3.8, 4) is 0 Å². The van der Waals surface area contributed by atoms with Crippen LogP contribution in [0.25, 0.3) is 5.03 Å². The summed E-state index contributed by atoms with van der Waals surface area (Å²) in [5.74, 6) is 0. The molecule has 0 spiro atoms. The van der Waals surface area contributed by atoms with Crippen LogP contribution >= 0.6 is 23.2 Å². The third-order valence-corrected chi connectivity index (χ3v) is 1.76. The quantitative estimate of drug-likeness (QED) is 0.616. The third-order valence-electron chi connectivity index (χ3n) is 1.34. The molecule has 0 unspecified atom stereocenters. The van der Waals surface area contributed by atoms with Crippen LogP contribution in [0.1, 0.15) is 11.3 Å². The van der Waals surface area contributed by atoms with Gasteiger partial charge in [-0.25, -0.2) is 4.98 Å². The zero-order valence-corrected chi connectivity index (χ0v) is 7.58. The molecule has 0 bridgehead atoms. The van der Waals surface area contributed by atoms with E-state index in [0.717, 1.165) is 11.3 Å². The molecule has 1 aromatic rings. The lowest BCUT2D eigenvalue weighted by Gasteiger charge is -2.01. The smallest absolute Gasteiger partial charge is 0.129 e. The molecule has 0 radical (unpaired) electrons. The van der Waals surface area contributed by atoms with E-state index in [1.54, 1.807) is 12.1 Å². The van der Waals surface area contributed by atoms with E-state index < -0.39 is 0 Å². The highest BCUT2D eigenvalue weighted by atomic mass is 35.5. The van der Waals surface area contributed by atoms with Crippen molar-refractivity contribution in [2.45, 2.75) is 6.92 Å². The number of hydrogen-bond donors (Lipinski definition) is 0. The summed E-state index contributed by atoms with van der Waals surface area (Å²) in [6, 6.07) is 3.50. The van der Waals surface area contributed by atoms with Crippen LogP contribution in [0.5, 0.6) is 0 Å². The van der Waals surface area contributed by atoms with Crippen LogP contribution in [0.15, 0.2) is 18.7 Å². The van der Waals surface area contributed by atoms with E-state index in [4.69, 9.17) is 23.2 Å². The van der Waals surface area contributed by atoms with Crippen molar-refractivity contribution in [3.63, 3.8) is 0 Å². The molecule has 11 heavy (non-hydrogen) atoms. The number of aryl methyl sites for hydroxylation is 1. The summed E-state index contributed by atoms with van der Waals surface area (Å²) >= 11 is 11.3. The molecule has 1 rings (SSSR count). The maximum Gasteiger partial charge on any atom is 0.129 e. The lowest BCUT2D eigenvalue weighted by molar-refractivity contribution is 1.19. The Morgan fingerprint density at radius 2 is 2.18 bits per heavy atom. The number of halogens is 2. The van der Waals surface area contributed by atoms with E-state index >= 15 is 0 Å². The molecule has 0 amide bonds. The summed E-state index contributed by atoms with van der Waals surface area (Å²) in [4.78, 5) is 4.01. The SMILES string of the molecule is C=C(Cl)c1ccc(Cl)nc1C. The predicted octanol–water partition coefficient (Wildman–Crippen LogP) is 3.25. The molecule has 1 aromatic heterocycles. The lowest BCUT2D eigenvalue weighted by Crippen LogP contribution is -1.87. The van der Waals surface area contributed by atoms with Crippen molar-refractivity contribution < 1.29 is 0 Å². The molecule has 0 aliphatic heterocycles. The Morgan fingerprint density at radius 1 is 1.55 bits per heavy atom. The second-order valence-electron chi connectivity index (χ2n) is 2.17. The monoisotopic (exact) mass is 187 g/mol. The van der Waals surface area contributed by atoms with Gasteiger partial charge in [0.15, 0.2) is 0 Å². The van der Waals surface area contributed by atoms with Crippen LogP contribution in [0.4, 0.5) is 0 Å². The van der Waals surface area contributed by atoms with Gasteiger partial charge in [-0.05, 0) is 19.1 Å². The molecular formula is C8H7Cl2N. The fourth-order valence-electron chi connectivity index (χ4n) is 0.817. The average molecular weight is 188 g/mol. The van der Waals surface area contributed by atoms with E-state index in [-0.39, 0.29) is 0 Å². The highest BCUT2D eigenvalue weighted by Crippen LogP contribution is 2.20. The van der Waals surface area contributed by atoms with E-state index in [1.807, 2.05) is 6.92 Å². The first-order valence-corrected chi connectivity index (χ1v) is 3.85. The summed E-state index contributed by atoms with van der Waals surface area (Å²) in [6.07, 6.45) is 0. The Labute approximate surface area is 75.7 Å². The molecule has 1 heterocycles. The van der Waals surface area contributed by atoms with Crippen LogP contribution in [0.2, 0.25) is 5.15 Å². The van der Waals surface area contributed by atoms with Gasteiger partial charge in [-0.15, -0.1) is 0 Å². The normalized spacial score (nSPS) is 9.73.